The van der Waals surface area contributed by atoms with Crippen LogP contribution in [0, 0.1) is 0 Å². The number of fused-ring (bicyclic) bond motifs is 5. The molecule has 5 aromatic carbocycles. The molecule has 4 heteroatoms. The number of nitrogens with zero attached hydrogens (tertiary/aromatic N) is 3. The zero-order valence-corrected chi connectivity index (χ0v) is 34.2. The number of hydrogen-bond acceptors (Lipinski definition) is 4. The summed E-state index contributed by atoms with van der Waals surface area (Å²) < 4.78 is 0. The van der Waals surface area contributed by atoms with Crippen LogP contribution in [0.4, 0.5) is 17.1 Å². The van der Waals surface area contributed by atoms with E-state index in [0.29, 0.717) is 0 Å². The lowest BCUT2D eigenvalue weighted by Gasteiger charge is -2.33. The highest BCUT2D eigenvalue weighted by Gasteiger charge is 2.37. The highest BCUT2D eigenvalue weighted by molar-refractivity contribution is 8.03. The van der Waals surface area contributed by atoms with Gasteiger partial charge in [-0.3, -0.25) is 0 Å². The van der Waals surface area contributed by atoms with E-state index in [1.165, 1.54) is 132 Å². The zero-order chi connectivity index (χ0) is 37.5. The summed E-state index contributed by atoms with van der Waals surface area (Å²) in [5.74, 6) is 0. The second kappa shape index (κ2) is 13.5. The van der Waals surface area contributed by atoms with Gasteiger partial charge >= 0.3 is 0 Å². The van der Waals surface area contributed by atoms with Crippen molar-refractivity contribution >= 4 is 55.9 Å². The first-order valence-corrected chi connectivity index (χ1v) is 22.3. The van der Waals surface area contributed by atoms with Crippen LogP contribution in [0.5, 0.6) is 0 Å². The van der Waals surface area contributed by atoms with Crippen LogP contribution in [0.3, 0.4) is 0 Å². The highest BCUT2D eigenvalue weighted by atomic mass is 32.2. The van der Waals surface area contributed by atoms with E-state index >= 15 is 0 Å². The van der Waals surface area contributed by atoms with E-state index in [0.717, 1.165) is 51.9 Å². The van der Waals surface area contributed by atoms with Crippen LogP contribution < -0.4 is 14.7 Å². The Labute approximate surface area is 337 Å². The van der Waals surface area contributed by atoms with E-state index in [1.54, 1.807) is 5.57 Å². The molecular weight excluding hydrogens is 699 g/mol. The van der Waals surface area contributed by atoms with Crippen LogP contribution >= 0.6 is 11.8 Å². The molecule has 3 heterocycles. The summed E-state index contributed by atoms with van der Waals surface area (Å²) in [4.78, 5) is 10.5. The third-order valence-electron chi connectivity index (χ3n) is 14.1. The summed E-state index contributed by atoms with van der Waals surface area (Å²) in [6.07, 6.45) is 21.7. The van der Waals surface area contributed by atoms with Gasteiger partial charge in [-0.15, -0.1) is 0 Å². The minimum Gasteiger partial charge on any atom is -0.372 e. The first-order chi connectivity index (χ1) is 27.4. The Morgan fingerprint density at radius 3 is 1.88 bits per heavy atom. The number of allylic oxidation sites excluding steroid dienone is 7. The van der Waals surface area contributed by atoms with Crippen molar-refractivity contribution in [1.29, 1.82) is 0 Å². The molecule has 3 aliphatic heterocycles. The molecule has 0 saturated carbocycles. The van der Waals surface area contributed by atoms with Gasteiger partial charge in [-0.25, -0.2) is 0 Å². The van der Waals surface area contributed by atoms with Crippen molar-refractivity contribution in [3.63, 3.8) is 0 Å². The van der Waals surface area contributed by atoms with Crippen molar-refractivity contribution in [2.24, 2.45) is 0 Å². The van der Waals surface area contributed by atoms with Crippen LogP contribution in [-0.2, 0) is 5.41 Å². The van der Waals surface area contributed by atoms with Gasteiger partial charge in [0.05, 0.1) is 5.69 Å². The van der Waals surface area contributed by atoms with E-state index < -0.39 is 0 Å². The molecule has 0 bridgehead atoms. The smallest absolute Gasteiger partial charge is 0.0554 e. The Balaban J connectivity index is 1.18. The van der Waals surface area contributed by atoms with Gasteiger partial charge in [0.25, 0.3) is 0 Å². The highest BCUT2D eigenvalue weighted by Crippen LogP contribution is 2.54. The summed E-state index contributed by atoms with van der Waals surface area (Å²) >= 11 is 1.94. The van der Waals surface area contributed by atoms with Gasteiger partial charge in [0, 0.05) is 65.5 Å². The van der Waals surface area contributed by atoms with E-state index in [-0.39, 0.29) is 5.41 Å². The SMILES string of the molecule is CN1C2=C(C=CCC2)Sc2ccc(-c3c4ccc(N5CCCCC5)cc4c(-c4ccc5c(c4)C(C)(C)C4=C5C=CCC4)c4ccc(N5CCCCC5)cc34)cc21. The number of rotatable bonds is 4. The second-order valence-electron chi connectivity index (χ2n) is 17.6. The molecule has 6 aliphatic rings. The average Bonchev–Trinajstić information content (AvgIpc) is 3.48. The van der Waals surface area contributed by atoms with Crippen molar-refractivity contribution in [2.75, 3.05) is 47.9 Å². The summed E-state index contributed by atoms with van der Waals surface area (Å²) in [6.45, 7) is 9.48. The predicted molar refractivity (Wildman–Crippen MR) is 242 cm³/mol. The van der Waals surface area contributed by atoms with Gasteiger partial charge in [0.2, 0.25) is 0 Å². The lowest BCUT2D eigenvalue weighted by atomic mass is 9.77. The maximum absolute atomic E-state index is 2.64. The maximum Gasteiger partial charge on any atom is 0.0554 e. The molecule has 282 valence electrons. The van der Waals surface area contributed by atoms with E-state index in [4.69, 9.17) is 0 Å². The molecule has 11 rings (SSSR count). The number of benzene rings is 5. The van der Waals surface area contributed by atoms with Crippen LogP contribution in [0.25, 0.3) is 49.4 Å². The van der Waals surface area contributed by atoms with Gasteiger partial charge in [-0.05, 0) is 167 Å². The molecule has 0 radical (unpaired) electrons. The molecule has 0 unspecified atom stereocenters. The number of thioether (sulfide) groups is 1. The Kier molecular flexibility index (Phi) is 8.32. The quantitative estimate of drug-likeness (QED) is 0.169. The van der Waals surface area contributed by atoms with Gasteiger partial charge in [0.15, 0.2) is 0 Å². The standard InChI is InChI=1S/C52H53N3S/c1-52(2)44-15-7-6-14-38(44)39-22-18-34(30-45(39)52)50-40-23-20-37(55-28-12-5-13-29-55)33-43(40)51(41-24-21-36(32-42(41)50)54-26-10-4-11-27-54)35-19-25-49-47(31-35)53(3)46-16-8-9-17-48(46)56-49/h6,9,14,17-25,30-33H,4-5,7-8,10-13,15-16,26-29H2,1-3H3. The van der Waals surface area contributed by atoms with Gasteiger partial charge in [-0.1, -0.05) is 85.8 Å². The van der Waals surface area contributed by atoms with Crippen molar-refractivity contribution in [3.8, 4) is 22.3 Å². The summed E-state index contributed by atoms with van der Waals surface area (Å²) in [5, 5.41) is 5.46. The van der Waals surface area contributed by atoms with Crippen molar-refractivity contribution in [1.82, 2.24) is 0 Å². The largest absolute Gasteiger partial charge is 0.372 e. The van der Waals surface area contributed by atoms with Gasteiger partial charge in [-0.2, -0.15) is 0 Å². The molecule has 0 spiro atoms. The van der Waals surface area contributed by atoms with Crippen molar-refractivity contribution < 1.29 is 0 Å². The molecule has 2 fully saturated rings. The zero-order valence-electron chi connectivity index (χ0n) is 33.4. The topological polar surface area (TPSA) is 9.72 Å². The minimum atomic E-state index is 0.0218. The maximum atomic E-state index is 2.64. The van der Waals surface area contributed by atoms with Gasteiger partial charge < -0.3 is 14.7 Å². The van der Waals surface area contributed by atoms with Crippen LogP contribution in [-0.4, -0.2) is 33.2 Å². The fourth-order valence-electron chi connectivity index (χ4n) is 11.0. The van der Waals surface area contributed by atoms with Crippen LogP contribution in [0.15, 0.2) is 118 Å². The molecule has 5 aromatic rings. The molecule has 0 atom stereocenters. The predicted octanol–water partition coefficient (Wildman–Crippen LogP) is 13.8. The van der Waals surface area contributed by atoms with E-state index in [1.807, 2.05) is 11.8 Å². The van der Waals surface area contributed by atoms with Crippen LogP contribution in [0.2, 0.25) is 0 Å². The number of hydrogen-bond donors (Lipinski definition) is 0. The minimum absolute atomic E-state index is 0.0218. The Morgan fingerprint density at radius 1 is 0.589 bits per heavy atom. The van der Waals surface area contributed by atoms with Gasteiger partial charge in [0.1, 0.15) is 0 Å². The monoisotopic (exact) mass is 751 g/mol. The second-order valence-corrected chi connectivity index (χ2v) is 18.7. The molecule has 2 saturated heterocycles. The molecule has 0 N–H and O–H groups in total. The van der Waals surface area contributed by atoms with E-state index in [9.17, 15) is 0 Å². The molecule has 3 nitrogen and oxygen atoms in total. The summed E-state index contributed by atoms with van der Waals surface area (Å²) in [6, 6.07) is 29.8. The Bertz CT molecular complexity index is 2570. The van der Waals surface area contributed by atoms with Crippen molar-refractivity contribution in [3.05, 3.63) is 124 Å². The summed E-state index contributed by atoms with van der Waals surface area (Å²) in [7, 11) is 2.29. The molecule has 0 aromatic heterocycles. The Hall–Kier alpha value is -4.67. The normalized spacial score (nSPS) is 20.2. The fraction of sp³-hybridized carbons (Fsp3) is 0.346. The third-order valence-corrected chi connectivity index (χ3v) is 15.2. The number of anilines is 3. The lowest BCUT2D eigenvalue weighted by molar-refractivity contribution is 0.578. The average molecular weight is 752 g/mol. The number of piperidine rings is 2. The van der Waals surface area contributed by atoms with Crippen molar-refractivity contribution in [2.45, 2.75) is 88.4 Å². The molecular formula is C52H53N3S. The molecule has 3 aliphatic carbocycles. The lowest BCUT2D eigenvalue weighted by Crippen LogP contribution is -2.29. The molecule has 56 heavy (non-hydrogen) atoms. The molecule has 0 amide bonds. The third kappa shape index (κ3) is 5.46. The Morgan fingerprint density at radius 2 is 1.20 bits per heavy atom. The van der Waals surface area contributed by atoms with Crippen LogP contribution in [0.1, 0.15) is 89.2 Å². The fourth-order valence-corrected chi connectivity index (χ4v) is 12.2. The first kappa shape index (κ1) is 34.6. The summed E-state index contributed by atoms with van der Waals surface area (Å²) in [5.41, 5.74) is 16.9. The van der Waals surface area contributed by atoms with E-state index in [2.05, 4.69) is 133 Å². The first-order valence-electron chi connectivity index (χ1n) is 21.5.